The van der Waals surface area contributed by atoms with Crippen LogP contribution in [0.2, 0.25) is 0 Å². The Morgan fingerprint density at radius 1 is 0.767 bits per heavy atom. The van der Waals surface area contributed by atoms with Crippen molar-refractivity contribution in [2.45, 2.75) is 31.7 Å². The molecule has 9 heteroatoms. The molecule has 3 N–H and O–H groups in total. The van der Waals surface area contributed by atoms with Crippen LogP contribution in [0.4, 0.5) is 4.39 Å². The van der Waals surface area contributed by atoms with Crippen LogP contribution in [-0.2, 0) is 11.2 Å². The molecule has 0 unspecified atom stereocenters. The molecule has 0 aliphatic heterocycles. The van der Waals surface area contributed by atoms with Crippen molar-refractivity contribution in [2.24, 2.45) is 0 Å². The first-order valence-corrected chi connectivity index (χ1v) is 13.6. The lowest BCUT2D eigenvalue weighted by Gasteiger charge is -2.35. The normalized spacial score (nSPS) is 12.2. The zero-order chi connectivity index (χ0) is 31.1. The second-order valence-electron chi connectivity index (χ2n) is 10.2. The fourth-order valence-electron chi connectivity index (χ4n) is 5.24. The number of aliphatic carboxylic acids is 1. The third-order valence-electron chi connectivity index (χ3n) is 7.46. The van der Waals surface area contributed by atoms with E-state index in [4.69, 9.17) is 0 Å². The summed E-state index contributed by atoms with van der Waals surface area (Å²) in [5, 5.41) is 28.6. The number of carboxylic acids is 3. The van der Waals surface area contributed by atoms with E-state index < -0.39 is 59.3 Å². The fourth-order valence-corrected chi connectivity index (χ4v) is 5.24. The Morgan fingerprint density at radius 2 is 1.40 bits per heavy atom. The molecule has 0 radical (unpaired) electrons. The topological polar surface area (TPSA) is 132 Å². The Morgan fingerprint density at radius 3 is 1.98 bits per heavy atom. The summed E-state index contributed by atoms with van der Waals surface area (Å²) in [5.41, 5.74) is 1.39. The highest BCUT2D eigenvalue weighted by Crippen LogP contribution is 2.33. The molecule has 0 heterocycles. The number of amides is 1. The van der Waals surface area contributed by atoms with E-state index >= 15 is 4.39 Å². The first-order valence-electron chi connectivity index (χ1n) is 13.6. The fraction of sp³-hybridized carbons (Fsp3) is 0.176. The molecule has 2 atom stereocenters. The zero-order valence-corrected chi connectivity index (χ0v) is 23.3. The minimum atomic E-state index is -1.54. The molecule has 4 aromatic carbocycles. The number of carbonyl (C=O) groups is 4. The summed E-state index contributed by atoms with van der Waals surface area (Å²) < 4.78 is 15.5. The Balaban J connectivity index is 1.75. The summed E-state index contributed by atoms with van der Waals surface area (Å²) in [6, 6.07) is 25.7. The minimum Gasteiger partial charge on any atom is -0.480 e. The van der Waals surface area contributed by atoms with Crippen molar-refractivity contribution < 1.29 is 38.9 Å². The number of aryl methyl sites for hydroxylation is 1. The zero-order valence-electron chi connectivity index (χ0n) is 23.3. The lowest BCUT2D eigenvalue weighted by atomic mass is 9.85. The number of carboxylic acid groups (broad SMARTS) is 3. The predicted octanol–water partition coefficient (Wildman–Crippen LogP) is 6.22. The highest BCUT2D eigenvalue weighted by molar-refractivity contribution is 6.05. The Labute approximate surface area is 247 Å². The standard InChI is InChI=1S/C34H30FNO7/c1-21(36(20-31(37)38)32(39)25-14-17-28(33(40)41)29(18-25)34(42)43)26(15-12-22-8-4-2-5-9-22)24-13-16-27(30(35)19-24)23-10-6-3-7-11-23/h2-11,13-14,16-19,21,26H,12,15,20H2,1H3,(H,37,38)(H,40,41)(H,42,43)/t21-,26+/m1/s1. The van der Waals surface area contributed by atoms with Gasteiger partial charge in [0, 0.05) is 23.1 Å². The molecule has 4 aromatic rings. The van der Waals surface area contributed by atoms with Crippen molar-refractivity contribution in [1.82, 2.24) is 4.90 Å². The van der Waals surface area contributed by atoms with Crippen molar-refractivity contribution >= 4 is 23.8 Å². The number of carbonyl (C=O) groups excluding carboxylic acids is 1. The molecular formula is C34H30FNO7. The van der Waals surface area contributed by atoms with Gasteiger partial charge in [-0.1, -0.05) is 72.8 Å². The largest absolute Gasteiger partial charge is 0.480 e. The molecule has 0 spiro atoms. The molecular weight excluding hydrogens is 553 g/mol. The number of benzene rings is 4. The van der Waals surface area contributed by atoms with Gasteiger partial charge >= 0.3 is 17.9 Å². The van der Waals surface area contributed by atoms with Crippen molar-refractivity contribution in [3.63, 3.8) is 0 Å². The number of nitrogens with zero attached hydrogens (tertiary/aromatic N) is 1. The summed E-state index contributed by atoms with van der Waals surface area (Å²) in [6.07, 6.45) is 1.00. The third-order valence-corrected chi connectivity index (χ3v) is 7.46. The minimum absolute atomic E-state index is 0.178. The summed E-state index contributed by atoms with van der Waals surface area (Å²) in [6.45, 7) is 0.957. The van der Waals surface area contributed by atoms with Gasteiger partial charge < -0.3 is 20.2 Å². The van der Waals surface area contributed by atoms with Crippen LogP contribution in [-0.4, -0.2) is 56.6 Å². The van der Waals surface area contributed by atoms with Gasteiger partial charge in [0.25, 0.3) is 5.91 Å². The third kappa shape index (κ3) is 7.32. The molecule has 4 rings (SSSR count). The van der Waals surface area contributed by atoms with E-state index in [1.54, 1.807) is 31.2 Å². The molecule has 0 bridgehead atoms. The Hall–Kier alpha value is -5.31. The number of hydrogen-bond donors (Lipinski definition) is 3. The van der Waals surface area contributed by atoms with Crippen molar-refractivity contribution in [3.05, 3.63) is 131 Å². The second-order valence-corrected chi connectivity index (χ2v) is 10.2. The van der Waals surface area contributed by atoms with Gasteiger partial charge in [0.2, 0.25) is 0 Å². The first-order chi connectivity index (χ1) is 20.6. The molecule has 0 fully saturated rings. The Bertz CT molecular complexity index is 1640. The monoisotopic (exact) mass is 583 g/mol. The van der Waals surface area contributed by atoms with E-state index in [9.17, 15) is 34.5 Å². The summed E-state index contributed by atoms with van der Waals surface area (Å²) in [7, 11) is 0. The van der Waals surface area contributed by atoms with Crippen LogP contribution < -0.4 is 0 Å². The van der Waals surface area contributed by atoms with Crippen LogP contribution in [0.1, 0.15) is 61.5 Å². The molecule has 0 aromatic heterocycles. The SMILES string of the molecule is C[C@H]([C@H](CCc1ccccc1)c1ccc(-c2ccccc2)c(F)c1)N(CC(=O)O)C(=O)c1ccc(C(=O)O)c(C(=O)O)c1. The van der Waals surface area contributed by atoms with E-state index in [0.717, 1.165) is 28.7 Å². The number of aromatic carboxylic acids is 2. The average Bonchev–Trinajstić information content (AvgIpc) is 3.00. The van der Waals surface area contributed by atoms with Crippen LogP contribution in [0.25, 0.3) is 11.1 Å². The maximum atomic E-state index is 15.5. The predicted molar refractivity (Wildman–Crippen MR) is 158 cm³/mol. The summed E-state index contributed by atoms with van der Waals surface area (Å²) in [5.74, 6) is -6.09. The smallest absolute Gasteiger partial charge is 0.336 e. The summed E-state index contributed by atoms with van der Waals surface area (Å²) in [4.78, 5) is 50.0. The van der Waals surface area contributed by atoms with E-state index in [0.29, 0.717) is 29.5 Å². The van der Waals surface area contributed by atoms with E-state index in [2.05, 4.69) is 0 Å². The van der Waals surface area contributed by atoms with Gasteiger partial charge in [-0.05, 0) is 60.7 Å². The van der Waals surface area contributed by atoms with Crippen molar-refractivity contribution in [3.8, 4) is 11.1 Å². The van der Waals surface area contributed by atoms with Crippen LogP contribution >= 0.6 is 0 Å². The van der Waals surface area contributed by atoms with E-state index in [-0.39, 0.29) is 5.56 Å². The average molecular weight is 584 g/mol. The quantitative estimate of drug-likeness (QED) is 0.180. The van der Waals surface area contributed by atoms with E-state index in [1.807, 2.05) is 48.5 Å². The van der Waals surface area contributed by atoms with E-state index in [1.165, 1.54) is 6.07 Å². The highest BCUT2D eigenvalue weighted by Gasteiger charge is 2.32. The molecule has 0 aliphatic rings. The van der Waals surface area contributed by atoms with Gasteiger partial charge in [-0.15, -0.1) is 0 Å². The number of rotatable bonds is 12. The van der Waals surface area contributed by atoms with Crippen LogP contribution in [0.3, 0.4) is 0 Å². The Kier molecular flexibility index (Phi) is 9.67. The number of hydrogen-bond acceptors (Lipinski definition) is 4. The molecule has 220 valence electrons. The molecule has 0 saturated heterocycles. The second kappa shape index (κ2) is 13.6. The molecule has 1 amide bonds. The first kappa shape index (κ1) is 30.6. The highest BCUT2D eigenvalue weighted by atomic mass is 19.1. The molecule has 8 nitrogen and oxygen atoms in total. The maximum Gasteiger partial charge on any atom is 0.336 e. The number of halogens is 1. The molecule has 0 aliphatic carbocycles. The van der Waals surface area contributed by atoms with Crippen molar-refractivity contribution in [2.75, 3.05) is 6.54 Å². The van der Waals surface area contributed by atoms with Gasteiger partial charge in [-0.3, -0.25) is 9.59 Å². The van der Waals surface area contributed by atoms with Gasteiger partial charge in [0.1, 0.15) is 12.4 Å². The lowest BCUT2D eigenvalue weighted by Crippen LogP contribution is -2.45. The van der Waals surface area contributed by atoms with Crippen molar-refractivity contribution in [1.29, 1.82) is 0 Å². The molecule has 43 heavy (non-hydrogen) atoms. The van der Waals surface area contributed by atoms with Gasteiger partial charge in [0.15, 0.2) is 0 Å². The lowest BCUT2D eigenvalue weighted by molar-refractivity contribution is -0.138. The van der Waals surface area contributed by atoms with Crippen LogP contribution in [0.5, 0.6) is 0 Å². The summed E-state index contributed by atoms with van der Waals surface area (Å²) >= 11 is 0. The van der Waals surface area contributed by atoms with Crippen LogP contribution in [0, 0.1) is 5.82 Å². The maximum absolute atomic E-state index is 15.5. The molecule has 0 saturated carbocycles. The van der Waals surface area contributed by atoms with Gasteiger partial charge in [0.05, 0.1) is 11.1 Å². The van der Waals surface area contributed by atoms with Crippen LogP contribution in [0.15, 0.2) is 97.1 Å². The van der Waals surface area contributed by atoms with Gasteiger partial charge in [-0.25, -0.2) is 14.0 Å². The van der Waals surface area contributed by atoms with Gasteiger partial charge in [-0.2, -0.15) is 0 Å².